The SMILES string of the molecule is COc1ccc(C2CC(=O)N(c3ccccc3F)C3=C2C(=O)CCC3)cc1. The molecule has 0 spiro atoms. The maximum atomic E-state index is 14.4. The van der Waals surface area contributed by atoms with Gasteiger partial charge in [0.15, 0.2) is 5.78 Å². The maximum Gasteiger partial charge on any atom is 0.232 e. The summed E-state index contributed by atoms with van der Waals surface area (Å²) in [5, 5.41) is 0. The number of carbonyl (C=O) groups excluding carboxylic acids is 2. The van der Waals surface area contributed by atoms with Crippen molar-refractivity contribution >= 4 is 17.4 Å². The predicted octanol–water partition coefficient (Wildman–Crippen LogP) is 4.36. The number of para-hydroxylation sites is 1. The van der Waals surface area contributed by atoms with Gasteiger partial charge in [-0.15, -0.1) is 0 Å². The quantitative estimate of drug-likeness (QED) is 0.812. The molecule has 5 heteroatoms. The van der Waals surface area contributed by atoms with Crippen LogP contribution in [0.15, 0.2) is 59.8 Å². The van der Waals surface area contributed by atoms with Gasteiger partial charge in [-0.1, -0.05) is 24.3 Å². The van der Waals surface area contributed by atoms with Crippen LogP contribution in [-0.2, 0) is 9.59 Å². The number of carbonyl (C=O) groups is 2. The molecule has 1 aliphatic carbocycles. The number of anilines is 1. The van der Waals surface area contributed by atoms with Crippen LogP contribution in [-0.4, -0.2) is 18.8 Å². The number of ketones is 1. The first-order valence-corrected chi connectivity index (χ1v) is 9.08. The third kappa shape index (κ3) is 3.03. The molecule has 1 amide bonds. The lowest BCUT2D eigenvalue weighted by Crippen LogP contribution is -2.41. The highest BCUT2D eigenvalue weighted by molar-refractivity contribution is 6.07. The van der Waals surface area contributed by atoms with Gasteiger partial charge in [0, 0.05) is 30.0 Å². The highest BCUT2D eigenvalue weighted by Crippen LogP contribution is 2.43. The van der Waals surface area contributed by atoms with E-state index in [1.807, 2.05) is 24.3 Å². The predicted molar refractivity (Wildman–Crippen MR) is 100 cm³/mol. The smallest absolute Gasteiger partial charge is 0.232 e. The van der Waals surface area contributed by atoms with Crippen LogP contribution >= 0.6 is 0 Å². The molecule has 2 aromatic carbocycles. The molecular weight excluding hydrogens is 345 g/mol. The second-order valence-corrected chi connectivity index (χ2v) is 6.85. The first-order valence-electron chi connectivity index (χ1n) is 9.08. The van der Waals surface area contributed by atoms with Gasteiger partial charge in [-0.2, -0.15) is 0 Å². The summed E-state index contributed by atoms with van der Waals surface area (Å²) in [4.78, 5) is 27.2. The minimum absolute atomic E-state index is 0.0471. The molecule has 0 bridgehead atoms. The summed E-state index contributed by atoms with van der Waals surface area (Å²) in [5.74, 6) is -0.175. The van der Waals surface area contributed by atoms with Gasteiger partial charge in [-0.25, -0.2) is 4.39 Å². The average molecular weight is 365 g/mol. The molecule has 1 heterocycles. The largest absolute Gasteiger partial charge is 0.497 e. The summed E-state index contributed by atoms with van der Waals surface area (Å²) in [6, 6.07) is 13.7. The van der Waals surface area contributed by atoms with Crippen molar-refractivity contribution in [2.24, 2.45) is 0 Å². The van der Waals surface area contributed by atoms with Gasteiger partial charge in [0.2, 0.25) is 5.91 Å². The summed E-state index contributed by atoms with van der Waals surface area (Å²) >= 11 is 0. The van der Waals surface area contributed by atoms with E-state index in [1.165, 1.54) is 11.0 Å². The summed E-state index contributed by atoms with van der Waals surface area (Å²) < 4.78 is 19.6. The summed E-state index contributed by atoms with van der Waals surface area (Å²) in [5.41, 5.74) is 2.42. The van der Waals surface area contributed by atoms with Gasteiger partial charge in [0.1, 0.15) is 11.6 Å². The van der Waals surface area contributed by atoms with Crippen molar-refractivity contribution in [3.63, 3.8) is 0 Å². The van der Waals surface area contributed by atoms with Crippen molar-refractivity contribution in [3.8, 4) is 5.75 Å². The van der Waals surface area contributed by atoms with E-state index < -0.39 is 5.82 Å². The van der Waals surface area contributed by atoms with E-state index in [0.29, 0.717) is 30.5 Å². The fourth-order valence-electron chi connectivity index (χ4n) is 4.03. The summed E-state index contributed by atoms with van der Waals surface area (Å²) in [7, 11) is 1.59. The van der Waals surface area contributed by atoms with Crippen LogP contribution in [0.5, 0.6) is 5.75 Å². The van der Waals surface area contributed by atoms with Gasteiger partial charge in [0.05, 0.1) is 12.8 Å². The number of Topliss-reactive ketones (excluding diaryl/α,β-unsaturated/α-hetero) is 1. The number of methoxy groups -OCH3 is 1. The van der Waals surface area contributed by atoms with E-state index in [0.717, 1.165) is 11.3 Å². The monoisotopic (exact) mass is 365 g/mol. The summed E-state index contributed by atoms with van der Waals surface area (Å²) in [6.07, 6.45) is 1.87. The molecule has 2 aliphatic rings. The van der Waals surface area contributed by atoms with Crippen LogP contribution in [0.1, 0.15) is 37.2 Å². The number of allylic oxidation sites excluding steroid dienone is 2. The first kappa shape index (κ1) is 17.5. The van der Waals surface area contributed by atoms with Crippen molar-refractivity contribution in [1.29, 1.82) is 0 Å². The lowest BCUT2D eigenvalue weighted by atomic mass is 9.77. The van der Waals surface area contributed by atoms with Crippen LogP contribution in [0.4, 0.5) is 10.1 Å². The molecule has 0 saturated heterocycles. The second kappa shape index (κ2) is 6.99. The number of nitrogens with zero attached hydrogens (tertiary/aromatic N) is 1. The van der Waals surface area contributed by atoms with Crippen molar-refractivity contribution in [2.45, 2.75) is 31.6 Å². The molecule has 0 radical (unpaired) electrons. The maximum absolute atomic E-state index is 14.4. The highest BCUT2D eigenvalue weighted by atomic mass is 19.1. The van der Waals surface area contributed by atoms with Crippen molar-refractivity contribution in [1.82, 2.24) is 0 Å². The topological polar surface area (TPSA) is 46.6 Å². The van der Waals surface area contributed by atoms with Crippen LogP contribution in [0, 0.1) is 5.82 Å². The van der Waals surface area contributed by atoms with Crippen molar-refractivity contribution in [2.75, 3.05) is 12.0 Å². The molecule has 138 valence electrons. The molecule has 1 aliphatic heterocycles. The Kier molecular flexibility index (Phi) is 4.52. The summed E-state index contributed by atoms with van der Waals surface area (Å²) in [6.45, 7) is 0. The minimum atomic E-state index is -0.460. The average Bonchev–Trinajstić information content (AvgIpc) is 2.68. The molecule has 0 fully saturated rings. The van der Waals surface area contributed by atoms with E-state index in [1.54, 1.807) is 25.3 Å². The Balaban J connectivity index is 1.84. The van der Waals surface area contributed by atoms with Crippen LogP contribution in [0.3, 0.4) is 0 Å². The lowest BCUT2D eigenvalue weighted by molar-refractivity contribution is -0.120. The van der Waals surface area contributed by atoms with Crippen molar-refractivity contribution in [3.05, 3.63) is 71.2 Å². The van der Waals surface area contributed by atoms with Gasteiger partial charge in [0.25, 0.3) is 0 Å². The van der Waals surface area contributed by atoms with Gasteiger partial charge >= 0.3 is 0 Å². The Hall–Kier alpha value is -2.95. The molecule has 0 saturated carbocycles. The fourth-order valence-corrected chi connectivity index (χ4v) is 4.03. The lowest BCUT2D eigenvalue weighted by Gasteiger charge is -2.38. The first-order chi connectivity index (χ1) is 13.1. The third-order valence-corrected chi connectivity index (χ3v) is 5.29. The Labute approximate surface area is 157 Å². The van der Waals surface area contributed by atoms with Gasteiger partial charge in [-0.05, 0) is 42.7 Å². The Bertz CT molecular complexity index is 933. The number of benzene rings is 2. The molecule has 0 N–H and O–H groups in total. The number of halogens is 1. The molecule has 27 heavy (non-hydrogen) atoms. The van der Waals surface area contributed by atoms with E-state index in [4.69, 9.17) is 4.74 Å². The standard InChI is InChI=1S/C22H20FNO3/c1-27-15-11-9-14(10-12-15)16-13-21(26)24(18-6-3-2-5-17(18)23)19-7-4-8-20(25)22(16)19/h2-3,5-6,9-12,16H,4,7-8,13H2,1H3. The number of hydrogen-bond donors (Lipinski definition) is 0. The Morgan fingerprint density at radius 2 is 1.78 bits per heavy atom. The van der Waals surface area contributed by atoms with E-state index in [-0.39, 0.29) is 29.7 Å². The number of amides is 1. The number of ether oxygens (including phenoxy) is 1. The zero-order valence-electron chi connectivity index (χ0n) is 15.1. The number of hydrogen-bond acceptors (Lipinski definition) is 3. The molecule has 1 unspecified atom stereocenters. The molecule has 0 aromatic heterocycles. The van der Waals surface area contributed by atoms with E-state index in [9.17, 15) is 14.0 Å². The zero-order chi connectivity index (χ0) is 19.0. The van der Waals surface area contributed by atoms with Gasteiger partial charge < -0.3 is 4.74 Å². The fraction of sp³-hybridized carbons (Fsp3) is 0.273. The number of rotatable bonds is 3. The van der Waals surface area contributed by atoms with E-state index in [2.05, 4.69) is 0 Å². The Morgan fingerprint density at radius 1 is 1.04 bits per heavy atom. The van der Waals surface area contributed by atoms with Crippen LogP contribution < -0.4 is 9.64 Å². The van der Waals surface area contributed by atoms with Crippen LogP contribution in [0.2, 0.25) is 0 Å². The van der Waals surface area contributed by atoms with Crippen molar-refractivity contribution < 1.29 is 18.7 Å². The highest BCUT2D eigenvalue weighted by Gasteiger charge is 2.40. The Morgan fingerprint density at radius 3 is 2.48 bits per heavy atom. The molecule has 4 rings (SSSR count). The molecular formula is C22H20FNO3. The zero-order valence-corrected chi connectivity index (χ0v) is 15.1. The third-order valence-electron chi connectivity index (χ3n) is 5.29. The van der Waals surface area contributed by atoms with E-state index >= 15 is 0 Å². The second-order valence-electron chi connectivity index (χ2n) is 6.85. The normalized spacial score (nSPS) is 19.9. The molecule has 2 aromatic rings. The molecule has 4 nitrogen and oxygen atoms in total. The molecule has 1 atom stereocenters. The van der Waals surface area contributed by atoms with Crippen LogP contribution in [0.25, 0.3) is 0 Å². The van der Waals surface area contributed by atoms with Gasteiger partial charge in [-0.3, -0.25) is 14.5 Å². The minimum Gasteiger partial charge on any atom is -0.497 e.